The van der Waals surface area contributed by atoms with E-state index in [1.807, 2.05) is 6.92 Å². The van der Waals surface area contributed by atoms with Crippen LogP contribution in [0.15, 0.2) is 76.2 Å². The monoisotopic (exact) mass is 428 g/mol. The summed E-state index contributed by atoms with van der Waals surface area (Å²) in [7, 11) is -2.27. The summed E-state index contributed by atoms with van der Waals surface area (Å²) in [5.41, 5.74) is 1.61. The van der Waals surface area contributed by atoms with Crippen LogP contribution in [-0.4, -0.2) is 21.4 Å². The summed E-state index contributed by atoms with van der Waals surface area (Å²) < 4.78 is 38.8. The molecular formula is C22H24N2O5S. The third kappa shape index (κ3) is 5.71. The molecular weight excluding hydrogens is 404 g/mol. The van der Waals surface area contributed by atoms with E-state index in [9.17, 15) is 13.2 Å². The Balaban J connectivity index is 1.79. The fourth-order valence-corrected chi connectivity index (χ4v) is 4.12. The minimum absolute atomic E-state index is 0.0713. The van der Waals surface area contributed by atoms with Crippen molar-refractivity contribution in [3.63, 3.8) is 0 Å². The van der Waals surface area contributed by atoms with Crippen LogP contribution < -0.4 is 14.8 Å². The summed E-state index contributed by atoms with van der Waals surface area (Å²) in [4.78, 5) is 12.6. The smallest absolute Gasteiger partial charge is 0.241 e. The number of carbonyl (C=O) groups excluding carboxylic acids is 1. The fraction of sp³-hybridized carbons (Fsp3) is 0.227. The molecule has 0 aliphatic heterocycles. The highest BCUT2D eigenvalue weighted by Crippen LogP contribution is 2.23. The Labute approximate surface area is 176 Å². The number of hydrogen-bond acceptors (Lipinski definition) is 5. The summed E-state index contributed by atoms with van der Waals surface area (Å²) in [5.74, 6) is 0.949. The highest BCUT2D eigenvalue weighted by molar-refractivity contribution is 7.89. The molecule has 1 heterocycles. The molecule has 0 unspecified atom stereocenters. The van der Waals surface area contributed by atoms with Gasteiger partial charge < -0.3 is 14.5 Å². The molecule has 0 fully saturated rings. The Morgan fingerprint density at radius 1 is 1.07 bits per heavy atom. The van der Waals surface area contributed by atoms with Crippen molar-refractivity contribution >= 4 is 15.9 Å². The second-order valence-electron chi connectivity index (χ2n) is 6.82. The fourth-order valence-electron chi connectivity index (χ4n) is 2.89. The number of carbonyl (C=O) groups is 1. The van der Waals surface area contributed by atoms with Gasteiger partial charge in [-0.2, -0.15) is 0 Å². The van der Waals surface area contributed by atoms with Gasteiger partial charge in [-0.15, -0.1) is 0 Å². The van der Waals surface area contributed by atoms with E-state index in [0.29, 0.717) is 17.1 Å². The van der Waals surface area contributed by atoms with Crippen LogP contribution in [-0.2, 0) is 21.4 Å². The zero-order valence-electron chi connectivity index (χ0n) is 16.8. The maximum absolute atomic E-state index is 12.9. The van der Waals surface area contributed by atoms with Gasteiger partial charge in [0.25, 0.3) is 0 Å². The Kier molecular flexibility index (Phi) is 6.91. The second-order valence-corrected chi connectivity index (χ2v) is 8.53. The largest absolute Gasteiger partial charge is 0.497 e. The molecule has 158 valence electrons. The lowest BCUT2D eigenvalue weighted by Gasteiger charge is -2.19. The molecule has 0 radical (unpaired) electrons. The van der Waals surface area contributed by atoms with Gasteiger partial charge >= 0.3 is 0 Å². The van der Waals surface area contributed by atoms with Gasteiger partial charge in [0.05, 0.1) is 30.9 Å². The Hall–Kier alpha value is -3.10. The van der Waals surface area contributed by atoms with E-state index in [2.05, 4.69) is 10.0 Å². The molecule has 0 aliphatic rings. The molecule has 1 atom stereocenters. The van der Waals surface area contributed by atoms with Crippen LogP contribution in [0.3, 0.4) is 0 Å². The molecule has 30 heavy (non-hydrogen) atoms. The van der Waals surface area contributed by atoms with Gasteiger partial charge in [-0.05, 0) is 48.9 Å². The van der Waals surface area contributed by atoms with Gasteiger partial charge in [0, 0.05) is 6.42 Å². The molecule has 0 saturated heterocycles. The van der Waals surface area contributed by atoms with E-state index in [1.54, 1.807) is 67.8 Å². The summed E-state index contributed by atoms with van der Waals surface area (Å²) in [6, 6.07) is 16.2. The summed E-state index contributed by atoms with van der Waals surface area (Å²) in [6.07, 6.45) is 1.45. The third-order valence-corrected chi connectivity index (χ3v) is 6.06. The topological polar surface area (TPSA) is 97.6 Å². The van der Waals surface area contributed by atoms with Gasteiger partial charge in [-0.25, -0.2) is 13.1 Å². The number of hydrogen-bond donors (Lipinski definition) is 2. The average molecular weight is 429 g/mol. The number of benzene rings is 2. The van der Waals surface area contributed by atoms with Crippen molar-refractivity contribution in [2.75, 3.05) is 7.11 Å². The molecule has 1 amide bonds. The van der Waals surface area contributed by atoms with E-state index in [4.69, 9.17) is 9.15 Å². The number of nitrogens with one attached hydrogen (secondary N) is 2. The lowest BCUT2D eigenvalue weighted by molar-refractivity contribution is -0.121. The minimum atomic E-state index is -3.82. The zero-order valence-corrected chi connectivity index (χ0v) is 17.6. The van der Waals surface area contributed by atoms with Crippen LogP contribution in [0.4, 0.5) is 0 Å². The highest BCUT2D eigenvalue weighted by Gasteiger charge is 2.24. The number of amides is 1. The van der Waals surface area contributed by atoms with Gasteiger partial charge in [0.2, 0.25) is 15.9 Å². The van der Waals surface area contributed by atoms with Crippen molar-refractivity contribution in [1.82, 2.24) is 10.0 Å². The SMILES string of the molecule is COc1ccc([C@@H](CC(=O)NCc2ccco2)NS(=O)(=O)c2ccc(C)cc2)cc1. The Morgan fingerprint density at radius 2 is 1.77 bits per heavy atom. The Morgan fingerprint density at radius 3 is 2.37 bits per heavy atom. The van der Waals surface area contributed by atoms with E-state index in [-0.39, 0.29) is 23.8 Å². The standard InChI is InChI=1S/C22H24N2O5S/c1-16-5-11-20(12-6-16)30(26,27)24-21(17-7-9-18(28-2)10-8-17)14-22(25)23-15-19-4-3-13-29-19/h3-13,21,24H,14-15H2,1-2H3,(H,23,25)/t21-/m1/s1. The van der Waals surface area contributed by atoms with E-state index < -0.39 is 16.1 Å². The predicted octanol–water partition coefficient (Wildman–Crippen LogP) is 3.32. The lowest BCUT2D eigenvalue weighted by Crippen LogP contribution is -2.33. The van der Waals surface area contributed by atoms with Crippen LogP contribution in [0.2, 0.25) is 0 Å². The second kappa shape index (κ2) is 9.60. The van der Waals surface area contributed by atoms with Crippen molar-refractivity contribution in [2.45, 2.75) is 30.8 Å². The number of ether oxygens (including phenoxy) is 1. The van der Waals surface area contributed by atoms with Crippen LogP contribution in [0.5, 0.6) is 5.75 Å². The average Bonchev–Trinajstić information content (AvgIpc) is 3.26. The van der Waals surface area contributed by atoms with Crippen LogP contribution in [0.1, 0.15) is 29.3 Å². The summed E-state index contributed by atoms with van der Waals surface area (Å²) in [5, 5.41) is 2.75. The molecule has 2 N–H and O–H groups in total. The van der Waals surface area contributed by atoms with E-state index in [1.165, 1.54) is 6.26 Å². The van der Waals surface area contributed by atoms with Crippen molar-refractivity contribution < 1.29 is 22.4 Å². The van der Waals surface area contributed by atoms with Crippen LogP contribution in [0.25, 0.3) is 0 Å². The molecule has 7 nitrogen and oxygen atoms in total. The van der Waals surface area contributed by atoms with Crippen LogP contribution in [0, 0.1) is 6.92 Å². The molecule has 0 saturated carbocycles. The highest BCUT2D eigenvalue weighted by atomic mass is 32.2. The first-order valence-electron chi connectivity index (χ1n) is 9.39. The number of methoxy groups -OCH3 is 1. The van der Waals surface area contributed by atoms with Crippen molar-refractivity contribution in [3.05, 3.63) is 83.8 Å². The maximum Gasteiger partial charge on any atom is 0.241 e. The maximum atomic E-state index is 12.9. The number of furan rings is 1. The van der Waals surface area contributed by atoms with Crippen LogP contribution >= 0.6 is 0 Å². The molecule has 0 spiro atoms. The van der Waals surface area contributed by atoms with E-state index >= 15 is 0 Å². The molecule has 0 bridgehead atoms. The quantitative estimate of drug-likeness (QED) is 0.545. The zero-order chi connectivity index (χ0) is 21.6. The molecule has 2 aromatic carbocycles. The first-order valence-corrected chi connectivity index (χ1v) is 10.9. The first-order chi connectivity index (χ1) is 14.4. The van der Waals surface area contributed by atoms with Crippen molar-refractivity contribution in [3.8, 4) is 5.75 Å². The molecule has 3 aromatic rings. The predicted molar refractivity (Wildman–Crippen MR) is 112 cm³/mol. The molecule has 0 aliphatic carbocycles. The minimum Gasteiger partial charge on any atom is -0.497 e. The van der Waals surface area contributed by atoms with Crippen molar-refractivity contribution in [2.24, 2.45) is 0 Å². The van der Waals surface area contributed by atoms with Gasteiger partial charge in [-0.3, -0.25) is 4.79 Å². The molecule has 8 heteroatoms. The molecule has 3 rings (SSSR count). The van der Waals surface area contributed by atoms with Gasteiger partial charge in [0.1, 0.15) is 11.5 Å². The number of sulfonamides is 1. The van der Waals surface area contributed by atoms with E-state index in [0.717, 1.165) is 5.56 Å². The summed E-state index contributed by atoms with van der Waals surface area (Å²) >= 11 is 0. The first kappa shape index (κ1) is 21.6. The molecule has 1 aromatic heterocycles. The third-order valence-electron chi connectivity index (χ3n) is 4.58. The Bertz CT molecular complexity index is 1060. The normalized spacial score (nSPS) is 12.3. The number of rotatable bonds is 9. The van der Waals surface area contributed by atoms with Crippen molar-refractivity contribution in [1.29, 1.82) is 0 Å². The van der Waals surface area contributed by atoms with Gasteiger partial charge in [0.15, 0.2) is 0 Å². The summed E-state index contributed by atoms with van der Waals surface area (Å²) in [6.45, 7) is 2.11. The van der Waals surface area contributed by atoms with Gasteiger partial charge in [-0.1, -0.05) is 29.8 Å². The number of aryl methyl sites for hydroxylation is 1. The lowest BCUT2D eigenvalue weighted by atomic mass is 10.0.